The van der Waals surface area contributed by atoms with E-state index in [0.29, 0.717) is 24.5 Å². The first kappa shape index (κ1) is 16.5. The molecule has 1 aliphatic carbocycles. The van der Waals surface area contributed by atoms with E-state index in [1.807, 2.05) is 6.92 Å². The number of amides is 3. The Hall–Kier alpha value is -2.38. The lowest BCUT2D eigenvalue weighted by Crippen LogP contribution is -2.39. The van der Waals surface area contributed by atoms with E-state index in [2.05, 4.69) is 20.8 Å². The number of aromatic amines is 1. The van der Waals surface area contributed by atoms with E-state index in [4.69, 9.17) is 0 Å². The van der Waals surface area contributed by atoms with Crippen LogP contribution in [0.25, 0.3) is 0 Å². The van der Waals surface area contributed by atoms with Gasteiger partial charge in [-0.25, -0.2) is 0 Å². The summed E-state index contributed by atoms with van der Waals surface area (Å²) in [4.78, 5) is 37.1. The van der Waals surface area contributed by atoms with Gasteiger partial charge < -0.3 is 15.5 Å². The monoisotopic (exact) mass is 333 g/mol. The predicted molar refractivity (Wildman–Crippen MR) is 86.0 cm³/mol. The summed E-state index contributed by atoms with van der Waals surface area (Å²) in [6.45, 7) is 4.39. The highest BCUT2D eigenvalue weighted by molar-refractivity contribution is 5.92. The van der Waals surface area contributed by atoms with Gasteiger partial charge in [-0.3, -0.25) is 19.5 Å². The minimum Gasteiger partial charge on any atom is -0.351 e. The number of aromatic nitrogens is 2. The van der Waals surface area contributed by atoms with E-state index in [9.17, 15) is 14.4 Å². The van der Waals surface area contributed by atoms with Crippen molar-refractivity contribution in [3.8, 4) is 0 Å². The Morgan fingerprint density at radius 1 is 1.33 bits per heavy atom. The molecule has 24 heavy (non-hydrogen) atoms. The number of carbonyl (C=O) groups excluding carboxylic acids is 3. The van der Waals surface area contributed by atoms with Crippen LogP contribution in [0.2, 0.25) is 0 Å². The van der Waals surface area contributed by atoms with Gasteiger partial charge in [-0.05, 0) is 32.3 Å². The number of likely N-dealkylation sites (tertiary alicyclic amines) is 1. The Balaban J connectivity index is 1.55. The minimum absolute atomic E-state index is 0.0266. The molecule has 8 nitrogen and oxygen atoms in total. The van der Waals surface area contributed by atoms with Gasteiger partial charge in [-0.15, -0.1) is 0 Å². The lowest BCUT2D eigenvalue weighted by molar-refractivity contribution is -0.123. The van der Waals surface area contributed by atoms with Gasteiger partial charge in [0.25, 0.3) is 5.91 Å². The molecule has 0 aromatic carbocycles. The fourth-order valence-electron chi connectivity index (χ4n) is 2.94. The maximum absolute atomic E-state index is 12.5. The van der Waals surface area contributed by atoms with Crippen molar-refractivity contribution >= 4 is 17.7 Å². The summed E-state index contributed by atoms with van der Waals surface area (Å²) in [6.07, 6.45) is 2.72. The number of nitrogens with zero attached hydrogens (tertiary/aromatic N) is 2. The lowest BCUT2D eigenvalue weighted by Gasteiger charge is -2.16. The average molecular weight is 333 g/mol. The molecule has 3 N–H and O–H groups in total. The van der Waals surface area contributed by atoms with Crippen molar-refractivity contribution in [2.24, 2.45) is 5.92 Å². The topological polar surface area (TPSA) is 107 Å². The summed E-state index contributed by atoms with van der Waals surface area (Å²) in [6, 6.07) is 1.46. The molecule has 0 radical (unpaired) electrons. The highest BCUT2D eigenvalue weighted by atomic mass is 16.2. The Bertz CT molecular complexity index is 652. The number of hydrogen-bond acceptors (Lipinski definition) is 4. The van der Waals surface area contributed by atoms with Crippen LogP contribution in [0.3, 0.4) is 0 Å². The third-order valence-electron chi connectivity index (χ3n) is 4.47. The number of rotatable bonds is 5. The van der Waals surface area contributed by atoms with Gasteiger partial charge in [0, 0.05) is 32.0 Å². The molecule has 2 aliphatic rings. The molecule has 2 heterocycles. The van der Waals surface area contributed by atoms with Crippen molar-refractivity contribution in [3.05, 3.63) is 17.5 Å². The lowest BCUT2D eigenvalue weighted by atomic mass is 10.2. The van der Waals surface area contributed by atoms with E-state index in [-0.39, 0.29) is 35.7 Å². The zero-order chi connectivity index (χ0) is 17.3. The number of hydrogen-bond donors (Lipinski definition) is 3. The van der Waals surface area contributed by atoms with Crippen LogP contribution in [0, 0.1) is 5.92 Å². The summed E-state index contributed by atoms with van der Waals surface area (Å²) in [5, 5.41) is 12.6. The van der Waals surface area contributed by atoms with E-state index < -0.39 is 0 Å². The first-order valence-electron chi connectivity index (χ1n) is 8.36. The van der Waals surface area contributed by atoms with Gasteiger partial charge in [-0.2, -0.15) is 5.10 Å². The summed E-state index contributed by atoms with van der Waals surface area (Å²) in [5.74, 6) is -0.00568. The molecule has 0 spiro atoms. The van der Waals surface area contributed by atoms with Gasteiger partial charge in [-0.1, -0.05) is 0 Å². The third kappa shape index (κ3) is 3.74. The smallest absolute Gasteiger partial charge is 0.274 e. The van der Waals surface area contributed by atoms with Gasteiger partial charge in [0.1, 0.15) is 5.69 Å². The van der Waals surface area contributed by atoms with Gasteiger partial charge in [0.05, 0.1) is 11.7 Å². The van der Waals surface area contributed by atoms with Crippen molar-refractivity contribution in [2.75, 3.05) is 13.1 Å². The van der Waals surface area contributed by atoms with E-state index in [0.717, 1.165) is 19.3 Å². The second kappa shape index (κ2) is 6.62. The van der Waals surface area contributed by atoms with Crippen LogP contribution in [-0.4, -0.2) is 52.0 Å². The van der Waals surface area contributed by atoms with Gasteiger partial charge in [0.2, 0.25) is 11.8 Å². The Labute approximate surface area is 140 Å². The molecule has 3 rings (SSSR count). The summed E-state index contributed by atoms with van der Waals surface area (Å²) < 4.78 is 0. The quantitative estimate of drug-likeness (QED) is 0.722. The van der Waals surface area contributed by atoms with E-state index in [1.165, 1.54) is 6.92 Å². The molecule has 3 amide bonds. The van der Waals surface area contributed by atoms with Crippen LogP contribution in [0.1, 0.15) is 55.3 Å². The van der Waals surface area contributed by atoms with Crippen LogP contribution in [-0.2, 0) is 9.59 Å². The molecule has 0 bridgehead atoms. The molecule has 1 aromatic heterocycles. The molecule has 2 fully saturated rings. The Kier molecular flexibility index (Phi) is 4.55. The fraction of sp³-hybridized carbons (Fsp3) is 0.625. The van der Waals surface area contributed by atoms with Crippen molar-refractivity contribution in [1.82, 2.24) is 25.7 Å². The summed E-state index contributed by atoms with van der Waals surface area (Å²) in [7, 11) is 0. The maximum atomic E-state index is 12.5. The fourth-order valence-corrected chi connectivity index (χ4v) is 2.94. The second-order valence-corrected chi connectivity index (χ2v) is 6.65. The normalized spacial score (nSPS) is 21.4. The zero-order valence-electron chi connectivity index (χ0n) is 14.0. The first-order valence-corrected chi connectivity index (χ1v) is 8.36. The van der Waals surface area contributed by atoms with Crippen LogP contribution in [0.5, 0.6) is 0 Å². The van der Waals surface area contributed by atoms with E-state index >= 15 is 0 Å². The minimum atomic E-state index is -0.235. The molecule has 1 saturated carbocycles. The third-order valence-corrected chi connectivity index (χ3v) is 4.47. The molecular weight excluding hydrogens is 310 g/mol. The predicted octanol–water partition coefficient (Wildman–Crippen LogP) is 0.348. The van der Waals surface area contributed by atoms with Gasteiger partial charge >= 0.3 is 0 Å². The van der Waals surface area contributed by atoms with E-state index in [1.54, 1.807) is 11.0 Å². The molecule has 1 aliphatic heterocycles. The Morgan fingerprint density at radius 2 is 2.08 bits per heavy atom. The molecule has 130 valence electrons. The van der Waals surface area contributed by atoms with Crippen molar-refractivity contribution < 1.29 is 14.4 Å². The number of carbonyl (C=O) groups is 3. The molecule has 1 aromatic rings. The van der Waals surface area contributed by atoms with Crippen LogP contribution >= 0.6 is 0 Å². The Morgan fingerprint density at radius 3 is 2.75 bits per heavy atom. The number of H-pyrrole nitrogens is 1. The average Bonchev–Trinajstić information content (AvgIpc) is 3.08. The highest BCUT2D eigenvalue weighted by Crippen LogP contribution is 2.29. The molecular formula is C16H23N5O3. The summed E-state index contributed by atoms with van der Waals surface area (Å²) >= 11 is 0. The van der Waals surface area contributed by atoms with Gasteiger partial charge in [0.15, 0.2) is 0 Å². The molecule has 2 unspecified atom stereocenters. The standard InChI is InChI=1S/C16H23N5O3/c1-9(17-10(2)22)13-7-14(20-19-13)16(24)21-6-5-12(8-21)18-15(23)11-3-4-11/h7,9,11-12H,3-6,8H2,1-2H3,(H,17,22)(H,18,23)(H,19,20). The second-order valence-electron chi connectivity index (χ2n) is 6.65. The number of nitrogens with one attached hydrogen (secondary N) is 3. The molecule has 2 atom stereocenters. The van der Waals surface area contributed by atoms with Crippen molar-refractivity contribution in [1.29, 1.82) is 0 Å². The highest BCUT2D eigenvalue weighted by Gasteiger charge is 2.34. The van der Waals surface area contributed by atoms with Crippen LogP contribution < -0.4 is 10.6 Å². The van der Waals surface area contributed by atoms with Crippen LogP contribution in [0.15, 0.2) is 6.07 Å². The zero-order valence-corrected chi connectivity index (χ0v) is 14.0. The first-order chi connectivity index (χ1) is 11.4. The largest absolute Gasteiger partial charge is 0.351 e. The summed E-state index contributed by atoms with van der Waals surface area (Å²) in [5.41, 5.74) is 1.02. The SMILES string of the molecule is CC(=O)NC(C)c1cc(C(=O)N2CCC(NC(=O)C3CC3)C2)n[nH]1. The van der Waals surface area contributed by atoms with Crippen LogP contribution in [0.4, 0.5) is 0 Å². The molecule has 1 saturated heterocycles. The molecule has 8 heteroatoms. The maximum Gasteiger partial charge on any atom is 0.274 e. The van der Waals surface area contributed by atoms with Crippen molar-refractivity contribution in [3.63, 3.8) is 0 Å². The van der Waals surface area contributed by atoms with Crippen molar-refractivity contribution in [2.45, 2.75) is 45.2 Å².